The molecule has 0 amide bonds. The Morgan fingerprint density at radius 3 is 2.62 bits per heavy atom. The minimum absolute atomic E-state index is 0.0656. The van der Waals surface area contributed by atoms with Crippen molar-refractivity contribution in [2.75, 3.05) is 6.61 Å². The summed E-state index contributed by atoms with van der Waals surface area (Å²) in [6, 6.07) is 8.33. The predicted octanol–water partition coefficient (Wildman–Crippen LogP) is 4.55. The van der Waals surface area contributed by atoms with Gasteiger partial charge in [0.15, 0.2) is 0 Å². The number of benzene rings is 1. The highest BCUT2D eigenvalue weighted by Gasteiger charge is 2.40. The van der Waals surface area contributed by atoms with Gasteiger partial charge in [0.1, 0.15) is 5.75 Å². The van der Waals surface area contributed by atoms with Crippen LogP contribution in [0.2, 0.25) is 0 Å². The highest BCUT2D eigenvalue weighted by atomic mass is 16.5. The highest BCUT2D eigenvalue weighted by Crippen LogP contribution is 2.45. The van der Waals surface area contributed by atoms with E-state index in [0.717, 1.165) is 31.6 Å². The summed E-state index contributed by atoms with van der Waals surface area (Å²) in [5.41, 5.74) is 1.17. The highest BCUT2D eigenvalue weighted by molar-refractivity contribution is 5.39. The molecule has 1 aromatic rings. The van der Waals surface area contributed by atoms with Gasteiger partial charge in [0.2, 0.25) is 0 Å². The third-order valence-electron chi connectivity index (χ3n) is 5.05. The van der Waals surface area contributed by atoms with Gasteiger partial charge in [-0.15, -0.1) is 0 Å². The summed E-state index contributed by atoms with van der Waals surface area (Å²) >= 11 is 0. The monoisotopic (exact) mass is 290 g/mol. The molecule has 0 aliphatic heterocycles. The van der Waals surface area contributed by atoms with E-state index in [1.54, 1.807) is 0 Å². The van der Waals surface area contributed by atoms with Crippen LogP contribution < -0.4 is 4.74 Å². The normalized spacial score (nSPS) is 26.6. The Morgan fingerprint density at radius 2 is 1.95 bits per heavy atom. The van der Waals surface area contributed by atoms with Crippen LogP contribution in [0.25, 0.3) is 0 Å². The number of para-hydroxylation sites is 1. The maximum Gasteiger partial charge on any atom is 0.123 e. The fourth-order valence-corrected chi connectivity index (χ4v) is 3.73. The Bertz CT molecular complexity index is 453. The summed E-state index contributed by atoms with van der Waals surface area (Å²) in [5.74, 6) is 1.92. The van der Waals surface area contributed by atoms with Crippen LogP contribution in [0, 0.1) is 11.8 Å². The molecule has 1 aliphatic rings. The lowest BCUT2D eigenvalue weighted by Gasteiger charge is -2.42. The molecule has 3 unspecified atom stereocenters. The van der Waals surface area contributed by atoms with E-state index in [1.165, 1.54) is 12.0 Å². The van der Waals surface area contributed by atoms with Crippen molar-refractivity contribution >= 4 is 0 Å². The second-order valence-electron chi connectivity index (χ2n) is 7.16. The number of hydrogen-bond acceptors (Lipinski definition) is 2. The average molecular weight is 290 g/mol. The van der Waals surface area contributed by atoms with E-state index in [9.17, 15) is 5.11 Å². The zero-order valence-corrected chi connectivity index (χ0v) is 13.9. The van der Waals surface area contributed by atoms with Crippen LogP contribution in [0.1, 0.15) is 58.9 Å². The van der Waals surface area contributed by atoms with Crippen LogP contribution >= 0.6 is 0 Å². The molecule has 1 saturated carbocycles. The predicted molar refractivity (Wildman–Crippen MR) is 87.8 cm³/mol. The molecule has 1 aliphatic carbocycles. The van der Waals surface area contributed by atoms with Crippen molar-refractivity contribution in [3.63, 3.8) is 0 Å². The second-order valence-corrected chi connectivity index (χ2v) is 7.16. The smallest absolute Gasteiger partial charge is 0.123 e. The fraction of sp³-hybridized carbons (Fsp3) is 0.684. The molecule has 2 heteroatoms. The van der Waals surface area contributed by atoms with E-state index in [0.29, 0.717) is 11.8 Å². The molecule has 1 aromatic carbocycles. The molecule has 21 heavy (non-hydrogen) atoms. The quantitative estimate of drug-likeness (QED) is 0.862. The summed E-state index contributed by atoms with van der Waals surface area (Å²) < 4.78 is 5.94. The number of hydrogen-bond donors (Lipinski definition) is 1. The number of aliphatic hydroxyl groups excluding tert-OH is 1. The SMILES string of the molecule is CCCOc1ccccc1C(C)(C)C1CCC(C)CC1O. The molecule has 0 heterocycles. The lowest BCUT2D eigenvalue weighted by molar-refractivity contribution is 0.0137. The molecule has 0 bridgehead atoms. The summed E-state index contributed by atoms with van der Waals surface area (Å²) in [6.07, 6.45) is 4.04. The second kappa shape index (κ2) is 6.83. The third-order valence-corrected chi connectivity index (χ3v) is 5.05. The van der Waals surface area contributed by atoms with Gasteiger partial charge in [0, 0.05) is 5.56 Å². The van der Waals surface area contributed by atoms with Crippen molar-refractivity contribution in [1.82, 2.24) is 0 Å². The van der Waals surface area contributed by atoms with E-state index in [4.69, 9.17) is 4.74 Å². The average Bonchev–Trinajstić information content (AvgIpc) is 2.45. The van der Waals surface area contributed by atoms with Crippen LogP contribution in [0.5, 0.6) is 5.75 Å². The maximum absolute atomic E-state index is 10.6. The van der Waals surface area contributed by atoms with E-state index >= 15 is 0 Å². The number of aliphatic hydroxyl groups is 1. The lowest BCUT2D eigenvalue weighted by atomic mass is 9.64. The minimum atomic E-state index is -0.206. The van der Waals surface area contributed by atoms with Crippen molar-refractivity contribution < 1.29 is 9.84 Å². The van der Waals surface area contributed by atoms with E-state index in [1.807, 2.05) is 6.07 Å². The van der Waals surface area contributed by atoms with Crippen LogP contribution in [-0.4, -0.2) is 17.8 Å². The molecular weight excluding hydrogens is 260 g/mol. The first-order valence-corrected chi connectivity index (χ1v) is 8.37. The van der Waals surface area contributed by atoms with Gasteiger partial charge in [-0.25, -0.2) is 0 Å². The van der Waals surface area contributed by atoms with Crippen LogP contribution in [0.15, 0.2) is 24.3 Å². The molecule has 118 valence electrons. The largest absolute Gasteiger partial charge is 0.493 e. The fourth-order valence-electron chi connectivity index (χ4n) is 3.73. The van der Waals surface area contributed by atoms with Gasteiger partial charge in [0.05, 0.1) is 12.7 Å². The Morgan fingerprint density at radius 1 is 1.24 bits per heavy atom. The first-order valence-electron chi connectivity index (χ1n) is 8.37. The summed E-state index contributed by atoms with van der Waals surface area (Å²) in [4.78, 5) is 0. The molecule has 1 N–H and O–H groups in total. The summed E-state index contributed by atoms with van der Waals surface area (Å²) in [5, 5.41) is 10.6. The standard InChI is InChI=1S/C19H30O2/c1-5-12-21-18-9-7-6-8-16(18)19(3,4)15-11-10-14(2)13-17(15)20/h6-9,14-15,17,20H,5,10-13H2,1-4H3. The molecular formula is C19H30O2. The molecule has 0 aromatic heterocycles. The van der Waals surface area contributed by atoms with Crippen molar-refractivity contribution in [3.05, 3.63) is 29.8 Å². The Kier molecular flexibility index (Phi) is 5.32. The Hall–Kier alpha value is -1.02. The van der Waals surface area contributed by atoms with Gasteiger partial charge in [-0.2, -0.15) is 0 Å². The van der Waals surface area contributed by atoms with Gasteiger partial charge in [0.25, 0.3) is 0 Å². The van der Waals surface area contributed by atoms with Gasteiger partial charge >= 0.3 is 0 Å². The molecule has 1 fully saturated rings. The summed E-state index contributed by atoms with van der Waals surface area (Å²) in [7, 11) is 0. The van der Waals surface area contributed by atoms with E-state index in [2.05, 4.69) is 45.9 Å². The van der Waals surface area contributed by atoms with Gasteiger partial charge < -0.3 is 9.84 Å². The summed E-state index contributed by atoms with van der Waals surface area (Å²) in [6.45, 7) is 9.62. The molecule has 0 radical (unpaired) electrons. The minimum Gasteiger partial charge on any atom is -0.493 e. The molecule has 2 nitrogen and oxygen atoms in total. The number of ether oxygens (including phenoxy) is 1. The molecule has 3 atom stereocenters. The van der Waals surface area contributed by atoms with E-state index in [-0.39, 0.29) is 11.5 Å². The first-order chi connectivity index (χ1) is 9.96. The zero-order chi connectivity index (χ0) is 15.5. The zero-order valence-electron chi connectivity index (χ0n) is 13.9. The molecule has 2 rings (SSSR count). The lowest BCUT2D eigenvalue weighted by Crippen LogP contribution is -2.41. The van der Waals surface area contributed by atoms with Gasteiger partial charge in [-0.3, -0.25) is 0 Å². The molecule has 0 spiro atoms. The Balaban J connectivity index is 2.26. The van der Waals surface area contributed by atoms with Crippen LogP contribution in [-0.2, 0) is 5.41 Å². The van der Waals surface area contributed by atoms with Crippen molar-refractivity contribution in [3.8, 4) is 5.75 Å². The first kappa shape index (κ1) is 16.4. The van der Waals surface area contributed by atoms with Crippen molar-refractivity contribution in [2.24, 2.45) is 11.8 Å². The maximum atomic E-state index is 10.6. The van der Waals surface area contributed by atoms with Crippen LogP contribution in [0.4, 0.5) is 0 Å². The topological polar surface area (TPSA) is 29.5 Å². The molecule has 0 saturated heterocycles. The van der Waals surface area contributed by atoms with Crippen molar-refractivity contribution in [2.45, 2.75) is 64.9 Å². The number of rotatable bonds is 5. The van der Waals surface area contributed by atoms with Crippen molar-refractivity contribution in [1.29, 1.82) is 0 Å². The van der Waals surface area contributed by atoms with Crippen LogP contribution in [0.3, 0.4) is 0 Å². The third kappa shape index (κ3) is 3.60. The van der Waals surface area contributed by atoms with E-state index < -0.39 is 0 Å². The Labute approximate surface area is 129 Å². The van der Waals surface area contributed by atoms with Gasteiger partial charge in [-0.05, 0) is 42.6 Å². The van der Waals surface area contributed by atoms with Gasteiger partial charge in [-0.1, -0.05) is 52.3 Å².